The van der Waals surface area contributed by atoms with Gasteiger partial charge < -0.3 is 49.4 Å². The molecule has 15 nitrogen and oxygen atoms in total. The van der Waals surface area contributed by atoms with Gasteiger partial charge in [-0.05, 0) is 65.1 Å². The molecule has 1 amide bonds. The number of fused-ring (bicyclic) bond motifs is 2. The first kappa shape index (κ1) is 48.5. The first-order chi connectivity index (χ1) is 31.2. The van der Waals surface area contributed by atoms with Gasteiger partial charge >= 0.3 is 11.8 Å². The van der Waals surface area contributed by atoms with Gasteiger partial charge in [0.25, 0.3) is 11.7 Å². The number of aromatic nitrogens is 1. The summed E-state index contributed by atoms with van der Waals surface area (Å²) in [4.78, 5) is 65.4. The van der Waals surface area contributed by atoms with Gasteiger partial charge in [-0.25, -0.2) is 4.98 Å². The minimum absolute atomic E-state index is 0.00824. The topological polar surface area (TPSA) is 197 Å². The standard InChI is InChI=1S/C50H62N4O11S/c1-24-13-12-14-25(2)49(61)52-40-44(59)37-36(39-47(40)66-35-23-32(15-16-33(35)51-39)54-20-17-31(18-21-54)53(9)10)38-46(29(6)43(37)58)65-50(8,48(38)60)63-22-19-34(62-11)26(3)45(64-30(7)55)28(5)42(57)27(4)41(24)56/h12-16,19,22-24,26-28,31,34,41-42,45,56-57,59H,17-18,20-21H2,1-11H3,(H,52,61)/b13-12+,22-19+,25-14-/t24-,26+,27+,28+,34-,41-,42+,45+,50-/m0/s1. The monoisotopic (exact) mass is 926 g/mol. The average molecular weight is 927 g/mol. The number of piperidine rings is 1. The fourth-order valence-corrected chi connectivity index (χ4v) is 10.7. The number of methoxy groups -OCH3 is 1. The minimum atomic E-state index is -2.00. The lowest BCUT2D eigenvalue weighted by atomic mass is 9.78. The second-order valence-electron chi connectivity index (χ2n) is 18.6. The molecule has 9 atom stereocenters. The Labute approximate surface area is 388 Å². The Balaban J connectivity index is 1.42. The van der Waals surface area contributed by atoms with Crippen molar-refractivity contribution in [2.75, 3.05) is 44.5 Å². The molecule has 0 saturated carbocycles. The number of aromatic hydroxyl groups is 1. The van der Waals surface area contributed by atoms with E-state index in [0.29, 0.717) is 16.3 Å². The Morgan fingerprint density at radius 2 is 1.70 bits per heavy atom. The number of ether oxygens (including phenoxy) is 4. The van der Waals surface area contributed by atoms with Crippen LogP contribution in [-0.2, 0) is 23.8 Å². The first-order valence-electron chi connectivity index (χ1n) is 22.5. The highest BCUT2D eigenvalue weighted by Gasteiger charge is 2.49. The van der Waals surface area contributed by atoms with E-state index in [-0.39, 0.29) is 44.4 Å². The highest BCUT2D eigenvalue weighted by Crippen LogP contribution is 2.50. The molecular weight excluding hydrogens is 865 g/mol. The van der Waals surface area contributed by atoms with Crippen LogP contribution >= 0.6 is 11.3 Å². The van der Waals surface area contributed by atoms with Gasteiger partial charge in [0.15, 0.2) is 11.2 Å². The largest absolute Gasteiger partial charge is 0.505 e. The summed E-state index contributed by atoms with van der Waals surface area (Å²) in [7, 11) is 5.66. The molecule has 1 aromatic heterocycles. The number of nitrogens with zero attached hydrogens (tertiary/aromatic N) is 3. The Hall–Kier alpha value is -5.39. The number of phenols is 1. The molecule has 3 aliphatic heterocycles. The van der Waals surface area contributed by atoms with E-state index in [9.17, 15) is 34.5 Å². The van der Waals surface area contributed by atoms with Crippen molar-refractivity contribution < 1.29 is 48.7 Å². The number of amides is 1. The maximum atomic E-state index is 14.8. The summed E-state index contributed by atoms with van der Waals surface area (Å²) in [6, 6.07) is 6.43. The molecule has 3 aliphatic rings. The quantitative estimate of drug-likeness (QED) is 0.0707. The number of benzene rings is 3. The lowest BCUT2D eigenvalue weighted by molar-refractivity contribution is -0.160. The summed E-state index contributed by atoms with van der Waals surface area (Å²) in [6.07, 6.45) is 5.88. The smallest absolute Gasteiger partial charge is 0.312 e. The van der Waals surface area contributed by atoms with Crippen molar-refractivity contribution >= 4 is 71.6 Å². The van der Waals surface area contributed by atoms with Crippen LogP contribution in [0.4, 0.5) is 11.4 Å². The molecule has 0 spiro atoms. The number of carbonyl (C=O) groups excluding carboxylic acids is 3. The Morgan fingerprint density at radius 3 is 2.35 bits per heavy atom. The number of hydrogen-bond donors (Lipinski definition) is 4. The van der Waals surface area contributed by atoms with Gasteiger partial charge in [-0.1, -0.05) is 45.9 Å². The van der Waals surface area contributed by atoms with E-state index in [1.807, 2.05) is 18.2 Å². The first-order valence-corrected chi connectivity index (χ1v) is 23.3. The van der Waals surface area contributed by atoms with Crippen molar-refractivity contribution in [2.24, 2.45) is 23.7 Å². The van der Waals surface area contributed by atoms with Gasteiger partial charge in [-0.15, -0.1) is 11.3 Å². The summed E-state index contributed by atoms with van der Waals surface area (Å²) in [5, 5.41) is 38.0. The van der Waals surface area contributed by atoms with E-state index in [1.165, 1.54) is 45.5 Å². The van der Waals surface area contributed by atoms with Crippen molar-refractivity contribution in [3.63, 3.8) is 0 Å². The van der Waals surface area contributed by atoms with Gasteiger partial charge in [0.05, 0.1) is 56.0 Å². The predicted octanol–water partition coefficient (Wildman–Crippen LogP) is 7.00. The summed E-state index contributed by atoms with van der Waals surface area (Å²) >= 11 is 1.27. The number of nitrogens with one attached hydrogen (secondary N) is 1. The van der Waals surface area contributed by atoms with E-state index in [4.69, 9.17) is 23.9 Å². The number of hydrogen-bond acceptors (Lipinski definition) is 15. The molecule has 16 heteroatoms. The second kappa shape index (κ2) is 19.1. The van der Waals surface area contributed by atoms with E-state index >= 15 is 0 Å². The zero-order chi connectivity index (χ0) is 48.1. The molecule has 66 heavy (non-hydrogen) atoms. The molecule has 1 saturated heterocycles. The van der Waals surface area contributed by atoms with Crippen LogP contribution < -0.4 is 20.4 Å². The van der Waals surface area contributed by atoms with E-state index in [2.05, 4.69) is 29.2 Å². The van der Waals surface area contributed by atoms with Crippen LogP contribution in [0.1, 0.15) is 77.2 Å². The molecule has 0 unspecified atom stereocenters. The number of allylic oxidation sites excluding steroid dienone is 2. The zero-order valence-corrected chi connectivity index (χ0v) is 40.3. The summed E-state index contributed by atoms with van der Waals surface area (Å²) in [6.45, 7) is 14.5. The van der Waals surface area contributed by atoms with Crippen LogP contribution in [-0.4, -0.2) is 113 Å². The molecule has 4 bridgehead atoms. The Bertz CT molecular complexity index is 2720. The molecule has 4 N–H and O–H groups in total. The third-order valence-electron chi connectivity index (χ3n) is 13.9. The fraction of sp³-hybridized carbons (Fsp3) is 0.500. The molecule has 354 valence electrons. The molecule has 3 aromatic carbocycles. The molecule has 1 fully saturated rings. The number of aliphatic hydroxyl groups excluding tert-OH is 2. The maximum Gasteiger partial charge on any atom is 0.312 e. The van der Waals surface area contributed by atoms with E-state index in [1.54, 1.807) is 58.9 Å². The SMILES string of the molecule is CO[C@H]1/C=C/O[C@@]2(C)Oc3c(C)c(=O)c4c(O)c(c5sc6cc(N7CCC(N(C)C)CC7)ccc6nc5c4c3C2=O)NC(=O)/C(C)=C\C=C\[C@H](C)[C@H](O)[C@@H](C)[C@@H](O)[C@@H](C)[C@H](OC(C)=O)[C@@H]1C. The van der Waals surface area contributed by atoms with E-state index in [0.717, 1.165) is 36.3 Å². The zero-order valence-electron chi connectivity index (χ0n) is 39.5. The molecule has 7 rings (SSSR count). The number of esters is 1. The number of Topliss-reactive ketones (excluding diaryl/α,β-unsaturated/α-hetero) is 1. The molecule has 4 heterocycles. The second-order valence-corrected chi connectivity index (χ2v) is 19.6. The number of rotatable bonds is 4. The summed E-state index contributed by atoms with van der Waals surface area (Å²) in [5.74, 6) is -6.78. The van der Waals surface area contributed by atoms with Crippen LogP contribution in [0.15, 0.2) is 59.1 Å². The Morgan fingerprint density at radius 1 is 1.00 bits per heavy atom. The third kappa shape index (κ3) is 8.93. The number of phenolic OH excluding ortho intramolecular Hbond substituents is 1. The minimum Gasteiger partial charge on any atom is -0.505 e. The van der Waals surface area contributed by atoms with Gasteiger partial charge in [0.1, 0.15) is 17.5 Å². The number of ketones is 1. The third-order valence-corrected chi connectivity index (χ3v) is 15.0. The lowest BCUT2D eigenvalue weighted by Gasteiger charge is -2.38. The predicted molar refractivity (Wildman–Crippen MR) is 256 cm³/mol. The number of carbonyl (C=O) groups is 3. The van der Waals surface area contributed by atoms with Crippen molar-refractivity contribution in [2.45, 2.75) is 104 Å². The van der Waals surface area contributed by atoms with Crippen molar-refractivity contribution in [1.82, 2.24) is 9.88 Å². The molecule has 0 aliphatic carbocycles. The highest BCUT2D eigenvalue weighted by molar-refractivity contribution is 7.25. The van der Waals surface area contributed by atoms with Crippen molar-refractivity contribution in [1.29, 1.82) is 0 Å². The van der Waals surface area contributed by atoms with Crippen LogP contribution in [0.3, 0.4) is 0 Å². The number of aliphatic hydroxyl groups is 2. The van der Waals surface area contributed by atoms with Gasteiger partial charge in [0, 0.05) is 86.0 Å². The normalized spacial score (nSPS) is 30.0. The van der Waals surface area contributed by atoms with Crippen molar-refractivity contribution in [3.05, 3.63) is 75.7 Å². The van der Waals surface area contributed by atoms with E-state index < -0.39 is 82.7 Å². The molecule has 4 aromatic rings. The summed E-state index contributed by atoms with van der Waals surface area (Å²) in [5.41, 5.74) is 1.38. The average Bonchev–Trinajstić information content (AvgIpc) is 3.56. The summed E-state index contributed by atoms with van der Waals surface area (Å²) < 4.78 is 25.1. The van der Waals surface area contributed by atoms with Gasteiger partial charge in [-0.2, -0.15) is 0 Å². The van der Waals surface area contributed by atoms with Gasteiger partial charge in [-0.3, -0.25) is 19.2 Å². The maximum absolute atomic E-state index is 14.8. The van der Waals surface area contributed by atoms with Crippen LogP contribution in [0.5, 0.6) is 11.5 Å². The van der Waals surface area contributed by atoms with Crippen LogP contribution in [0, 0.1) is 30.6 Å². The Kier molecular flexibility index (Phi) is 14.0. The fourth-order valence-electron chi connectivity index (χ4n) is 9.63. The lowest BCUT2D eigenvalue weighted by Crippen LogP contribution is -2.46. The van der Waals surface area contributed by atoms with Crippen molar-refractivity contribution in [3.8, 4) is 11.5 Å². The van der Waals surface area contributed by atoms with Crippen LogP contribution in [0.25, 0.3) is 31.2 Å². The number of anilines is 2. The highest BCUT2D eigenvalue weighted by atomic mass is 32.1. The van der Waals surface area contributed by atoms with Crippen LogP contribution in [0.2, 0.25) is 0 Å². The molecule has 0 radical (unpaired) electrons. The van der Waals surface area contributed by atoms with Gasteiger partial charge in [0.2, 0.25) is 0 Å². The molecular formula is C50H62N4O11S.